The fraction of sp³-hybridized carbons (Fsp3) is 0. The van der Waals surface area contributed by atoms with Crippen molar-refractivity contribution < 1.29 is 14.5 Å². The van der Waals surface area contributed by atoms with Crippen molar-refractivity contribution in [2.75, 3.05) is 0 Å². The molecule has 2 N–H and O–H groups in total. The van der Waals surface area contributed by atoms with Crippen LogP contribution in [0.1, 0.15) is 15.9 Å². The number of hydrazine groups is 1. The Labute approximate surface area is 141 Å². The van der Waals surface area contributed by atoms with E-state index < -0.39 is 16.7 Å². The maximum absolute atomic E-state index is 11.7. The zero-order chi connectivity index (χ0) is 17.5. The van der Waals surface area contributed by atoms with Crippen LogP contribution in [0.15, 0.2) is 48.8 Å². The summed E-state index contributed by atoms with van der Waals surface area (Å²) in [5.74, 6) is -1.10. The lowest BCUT2D eigenvalue weighted by Crippen LogP contribution is -2.40. The monoisotopic (exact) mass is 346 g/mol. The van der Waals surface area contributed by atoms with Crippen LogP contribution < -0.4 is 10.9 Å². The van der Waals surface area contributed by atoms with Gasteiger partial charge in [-0.3, -0.25) is 35.5 Å². The summed E-state index contributed by atoms with van der Waals surface area (Å²) >= 11 is 5.70. The number of halogens is 1. The van der Waals surface area contributed by atoms with Crippen molar-refractivity contribution in [3.8, 4) is 0 Å². The van der Waals surface area contributed by atoms with Crippen molar-refractivity contribution >= 4 is 35.2 Å². The zero-order valence-corrected chi connectivity index (χ0v) is 12.9. The number of nitro groups is 1. The molecule has 0 saturated heterocycles. The molecular weight excluding hydrogens is 336 g/mol. The highest BCUT2D eigenvalue weighted by Gasteiger charge is 2.11. The average Bonchev–Trinajstić information content (AvgIpc) is 2.59. The molecule has 9 heteroatoms. The number of hydrogen-bond donors (Lipinski definition) is 2. The second kappa shape index (κ2) is 7.84. The number of rotatable bonds is 4. The van der Waals surface area contributed by atoms with E-state index in [9.17, 15) is 19.7 Å². The first-order chi connectivity index (χ1) is 11.5. The number of benzene rings is 1. The van der Waals surface area contributed by atoms with E-state index in [1.165, 1.54) is 48.8 Å². The quantitative estimate of drug-likeness (QED) is 0.500. The minimum atomic E-state index is -0.616. The number of nitrogens with zero attached hydrogens (tertiary/aromatic N) is 2. The zero-order valence-electron chi connectivity index (χ0n) is 12.1. The second-order valence-electron chi connectivity index (χ2n) is 4.48. The van der Waals surface area contributed by atoms with Gasteiger partial charge in [0, 0.05) is 30.1 Å². The van der Waals surface area contributed by atoms with Gasteiger partial charge in [0.15, 0.2) is 0 Å². The van der Waals surface area contributed by atoms with Gasteiger partial charge in [-0.15, -0.1) is 0 Å². The Morgan fingerprint density at radius 1 is 1.17 bits per heavy atom. The van der Waals surface area contributed by atoms with Crippen molar-refractivity contribution in [3.05, 3.63) is 75.1 Å². The first-order valence-electron chi connectivity index (χ1n) is 6.60. The van der Waals surface area contributed by atoms with Crippen molar-refractivity contribution in [3.63, 3.8) is 0 Å². The highest BCUT2D eigenvalue weighted by Crippen LogP contribution is 2.25. The minimum absolute atomic E-state index is 0.00576. The largest absolute Gasteiger partial charge is 0.288 e. The van der Waals surface area contributed by atoms with Gasteiger partial charge in [0.05, 0.1) is 4.92 Å². The third-order valence-electron chi connectivity index (χ3n) is 2.84. The fourth-order valence-corrected chi connectivity index (χ4v) is 1.87. The molecule has 0 unspecified atom stereocenters. The van der Waals surface area contributed by atoms with Crippen LogP contribution in [0.25, 0.3) is 6.08 Å². The van der Waals surface area contributed by atoms with Crippen LogP contribution in [-0.4, -0.2) is 21.7 Å². The topological polar surface area (TPSA) is 114 Å². The van der Waals surface area contributed by atoms with E-state index >= 15 is 0 Å². The van der Waals surface area contributed by atoms with Gasteiger partial charge in [-0.25, -0.2) is 0 Å². The van der Waals surface area contributed by atoms with Crippen molar-refractivity contribution in [1.82, 2.24) is 15.8 Å². The Kier molecular flexibility index (Phi) is 5.58. The Hall–Kier alpha value is -3.26. The normalized spacial score (nSPS) is 10.4. The van der Waals surface area contributed by atoms with E-state index in [0.29, 0.717) is 11.1 Å². The predicted octanol–water partition coefficient (Wildman–Crippen LogP) is 2.12. The fourth-order valence-electron chi connectivity index (χ4n) is 1.68. The maximum atomic E-state index is 11.7. The average molecular weight is 347 g/mol. The summed E-state index contributed by atoms with van der Waals surface area (Å²) in [6.07, 6.45) is 5.38. The number of amides is 2. The number of carbonyl (C=O) groups is 2. The van der Waals surface area contributed by atoms with Gasteiger partial charge in [-0.1, -0.05) is 17.7 Å². The van der Waals surface area contributed by atoms with E-state index in [1.54, 1.807) is 0 Å². The van der Waals surface area contributed by atoms with Gasteiger partial charge in [0.25, 0.3) is 17.5 Å². The molecule has 0 aliphatic heterocycles. The van der Waals surface area contributed by atoms with Crippen molar-refractivity contribution in [2.45, 2.75) is 0 Å². The highest BCUT2D eigenvalue weighted by molar-refractivity contribution is 6.32. The Morgan fingerprint density at radius 3 is 2.54 bits per heavy atom. The molecule has 8 nitrogen and oxygen atoms in total. The van der Waals surface area contributed by atoms with E-state index in [4.69, 9.17) is 11.6 Å². The van der Waals surface area contributed by atoms with Gasteiger partial charge in [0.2, 0.25) is 0 Å². The molecule has 0 aliphatic rings. The first kappa shape index (κ1) is 17.1. The van der Waals surface area contributed by atoms with Crippen LogP contribution in [-0.2, 0) is 4.79 Å². The van der Waals surface area contributed by atoms with Crippen molar-refractivity contribution in [2.24, 2.45) is 0 Å². The van der Waals surface area contributed by atoms with Crippen LogP contribution in [0.5, 0.6) is 0 Å². The standard InChI is InChI=1S/C15H11ClN4O4/c16-12-3-1-10(9-13(12)20(23)24)2-4-14(21)18-19-15(22)11-5-7-17-8-6-11/h1-9H,(H,18,21)(H,19,22). The Balaban J connectivity index is 1.95. The molecule has 2 aromatic rings. The van der Waals surface area contributed by atoms with E-state index in [2.05, 4.69) is 15.8 Å². The number of aromatic nitrogens is 1. The molecule has 122 valence electrons. The van der Waals surface area contributed by atoms with Crippen LogP contribution in [0.4, 0.5) is 5.69 Å². The SMILES string of the molecule is O=C(C=Cc1ccc(Cl)c([N+](=O)[O-])c1)NNC(=O)c1ccncc1. The van der Waals surface area contributed by atoms with Gasteiger partial charge < -0.3 is 0 Å². The van der Waals surface area contributed by atoms with Crippen molar-refractivity contribution in [1.29, 1.82) is 0 Å². The van der Waals surface area contributed by atoms with Gasteiger partial charge in [-0.05, 0) is 29.8 Å². The number of nitrogens with one attached hydrogen (secondary N) is 2. The molecule has 0 spiro atoms. The Bertz CT molecular complexity index is 808. The molecule has 2 amide bonds. The molecule has 0 bridgehead atoms. The number of hydrogen-bond acceptors (Lipinski definition) is 5. The molecule has 1 aromatic carbocycles. The summed E-state index contributed by atoms with van der Waals surface area (Å²) in [4.78, 5) is 37.3. The third-order valence-corrected chi connectivity index (χ3v) is 3.16. The molecule has 0 radical (unpaired) electrons. The van der Waals surface area contributed by atoms with Gasteiger partial charge in [-0.2, -0.15) is 0 Å². The summed E-state index contributed by atoms with van der Waals surface area (Å²) in [5, 5.41) is 10.8. The first-order valence-corrected chi connectivity index (χ1v) is 6.97. The van der Waals surface area contributed by atoms with E-state index in [0.717, 1.165) is 6.08 Å². The molecule has 1 aromatic heterocycles. The predicted molar refractivity (Wildman–Crippen MR) is 87.0 cm³/mol. The second-order valence-corrected chi connectivity index (χ2v) is 4.89. The summed E-state index contributed by atoms with van der Waals surface area (Å²) in [5.41, 5.74) is 4.92. The number of nitro benzene ring substituents is 1. The third kappa shape index (κ3) is 4.62. The van der Waals surface area contributed by atoms with E-state index in [-0.39, 0.29) is 10.7 Å². The molecular formula is C15H11ClN4O4. The van der Waals surface area contributed by atoms with Crippen LogP contribution in [0, 0.1) is 10.1 Å². The lowest BCUT2D eigenvalue weighted by atomic mass is 10.2. The summed E-state index contributed by atoms with van der Waals surface area (Å²) in [6, 6.07) is 7.10. The summed E-state index contributed by atoms with van der Waals surface area (Å²) in [7, 11) is 0. The number of carbonyl (C=O) groups excluding carboxylic acids is 2. The summed E-state index contributed by atoms with van der Waals surface area (Å²) in [6.45, 7) is 0. The van der Waals surface area contributed by atoms with Crippen LogP contribution >= 0.6 is 11.6 Å². The molecule has 24 heavy (non-hydrogen) atoms. The molecule has 0 aliphatic carbocycles. The smallest absolute Gasteiger partial charge is 0.268 e. The van der Waals surface area contributed by atoms with Gasteiger partial charge >= 0.3 is 0 Å². The molecule has 0 saturated carbocycles. The minimum Gasteiger partial charge on any atom is -0.268 e. The molecule has 0 atom stereocenters. The Morgan fingerprint density at radius 2 is 1.88 bits per heavy atom. The highest BCUT2D eigenvalue weighted by atomic mass is 35.5. The van der Waals surface area contributed by atoms with Crippen LogP contribution in [0.2, 0.25) is 5.02 Å². The number of pyridine rings is 1. The molecule has 0 fully saturated rings. The summed E-state index contributed by atoms with van der Waals surface area (Å²) < 4.78 is 0. The van der Waals surface area contributed by atoms with Crippen LogP contribution in [0.3, 0.4) is 0 Å². The van der Waals surface area contributed by atoms with Gasteiger partial charge in [0.1, 0.15) is 5.02 Å². The molecule has 2 rings (SSSR count). The maximum Gasteiger partial charge on any atom is 0.288 e. The van der Waals surface area contributed by atoms with E-state index in [1.807, 2.05) is 0 Å². The lowest BCUT2D eigenvalue weighted by Gasteiger charge is -2.04. The lowest BCUT2D eigenvalue weighted by molar-refractivity contribution is -0.384. The molecule has 1 heterocycles.